The molecule has 5 heteroatoms. The zero-order valence-electron chi connectivity index (χ0n) is 13.0. The van der Waals surface area contributed by atoms with E-state index in [1.54, 1.807) is 7.11 Å². The molecule has 0 amide bonds. The number of hydrogen-bond donors (Lipinski definition) is 3. The minimum absolute atomic E-state index is 0.0284. The SMILES string of the molecule is CCNC(=NCC(CO)c1ccccc1)NCCCOC. The number of hydrogen-bond acceptors (Lipinski definition) is 3. The number of guanidine groups is 1. The molecule has 21 heavy (non-hydrogen) atoms. The van der Waals surface area contributed by atoms with E-state index < -0.39 is 0 Å². The molecule has 0 heterocycles. The molecule has 0 aliphatic heterocycles. The fourth-order valence-corrected chi connectivity index (χ4v) is 1.96. The van der Waals surface area contributed by atoms with Crippen molar-refractivity contribution in [2.75, 3.05) is 40.0 Å². The molecule has 0 bridgehead atoms. The Morgan fingerprint density at radius 3 is 2.67 bits per heavy atom. The molecule has 3 N–H and O–H groups in total. The van der Waals surface area contributed by atoms with E-state index in [1.165, 1.54) is 0 Å². The summed E-state index contributed by atoms with van der Waals surface area (Å²) in [6, 6.07) is 9.99. The highest BCUT2D eigenvalue weighted by Crippen LogP contribution is 2.14. The van der Waals surface area contributed by atoms with Gasteiger partial charge in [-0.25, -0.2) is 0 Å². The first-order valence-electron chi connectivity index (χ1n) is 7.48. The van der Waals surface area contributed by atoms with Crippen LogP contribution in [0.1, 0.15) is 24.8 Å². The first-order chi connectivity index (χ1) is 10.3. The normalized spacial score (nSPS) is 13.0. The van der Waals surface area contributed by atoms with Gasteiger partial charge < -0.3 is 20.5 Å². The van der Waals surface area contributed by atoms with E-state index in [0.29, 0.717) is 6.54 Å². The zero-order valence-corrected chi connectivity index (χ0v) is 13.0. The van der Waals surface area contributed by atoms with Gasteiger partial charge in [0.25, 0.3) is 0 Å². The quantitative estimate of drug-likeness (QED) is 0.365. The highest BCUT2D eigenvalue weighted by atomic mass is 16.5. The summed E-state index contributed by atoms with van der Waals surface area (Å²) in [5, 5.41) is 16.0. The maximum Gasteiger partial charge on any atom is 0.191 e. The molecule has 1 aromatic carbocycles. The van der Waals surface area contributed by atoms with Crippen LogP contribution in [-0.4, -0.2) is 51.0 Å². The van der Waals surface area contributed by atoms with E-state index in [-0.39, 0.29) is 12.5 Å². The number of methoxy groups -OCH3 is 1. The number of aliphatic imine (C=N–C) groups is 1. The number of rotatable bonds is 9. The first kappa shape index (κ1) is 17.5. The minimum atomic E-state index is 0.0284. The van der Waals surface area contributed by atoms with Gasteiger partial charge in [-0.1, -0.05) is 30.3 Å². The Hall–Kier alpha value is -1.59. The monoisotopic (exact) mass is 293 g/mol. The van der Waals surface area contributed by atoms with Crippen molar-refractivity contribution in [3.05, 3.63) is 35.9 Å². The molecule has 118 valence electrons. The molecule has 1 atom stereocenters. The van der Waals surface area contributed by atoms with Crippen LogP contribution in [-0.2, 0) is 4.74 Å². The second-order valence-corrected chi connectivity index (χ2v) is 4.78. The molecule has 1 rings (SSSR count). The third-order valence-corrected chi connectivity index (χ3v) is 3.12. The predicted octanol–water partition coefficient (Wildman–Crippen LogP) is 1.35. The van der Waals surface area contributed by atoms with Crippen molar-refractivity contribution >= 4 is 5.96 Å². The summed E-state index contributed by atoms with van der Waals surface area (Å²) < 4.78 is 5.02. The highest BCUT2D eigenvalue weighted by Gasteiger charge is 2.09. The lowest BCUT2D eigenvalue weighted by molar-refractivity contribution is 0.195. The lowest BCUT2D eigenvalue weighted by atomic mass is 10.0. The molecule has 1 aromatic rings. The number of nitrogens with zero attached hydrogens (tertiary/aromatic N) is 1. The van der Waals surface area contributed by atoms with Crippen molar-refractivity contribution in [1.29, 1.82) is 0 Å². The number of ether oxygens (including phenoxy) is 1. The number of benzene rings is 1. The smallest absolute Gasteiger partial charge is 0.191 e. The van der Waals surface area contributed by atoms with Gasteiger partial charge in [-0.3, -0.25) is 4.99 Å². The Labute approximate surface area is 127 Å². The Balaban J connectivity index is 2.54. The molecule has 0 saturated carbocycles. The fraction of sp³-hybridized carbons (Fsp3) is 0.562. The van der Waals surface area contributed by atoms with Crippen LogP contribution in [0.3, 0.4) is 0 Å². The molecule has 0 aliphatic rings. The van der Waals surface area contributed by atoms with Gasteiger partial charge in [-0.15, -0.1) is 0 Å². The standard InChI is InChI=1S/C16H27N3O2/c1-3-17-16(18-10-7-11-21-2)19-12-15(13-20)14-8-5-4-6-9-14/h4-6,8-9,15,20H,3,7,10-13H2,1-2H3,(H2,17,18,19). The predicted molar refractivity (Wildman–Crippen MR) is 86.7 cm³/mol. The van der Waals surface area contributed by atoms with Crippen LogP contribution in [0.15, 0.2) is 35.3 Å². The van der Waals surface area contributed by atoms with Gasteiger partial charge in [0.05, 0.1) is 13.2 Å². The van der Waals surface area contributed by atoms with Crippen LogP contribution in [0, 0.1) is 0 Å². The third-order valence-electron chi connectivity index (χ3n) is 3.12. The summed E-state index contributed by atoms with van der Waals surface area (Å²) >= 11 is 0. The molecule has 0 fully saturated rings. The van der Waals surface area contributed by atoms with Crippen LogP contribution in [0.2, 0.25) is 0 Å². The Bertz CT molecular complexity index is 396. The summed E-state index contributed by atoms with van der Waals surface area (Å²) in [5.41, 5.74) is 1.11. The van der Waals surface area contributed by atoms with Gasteiger partial charge in [0.15, 0.2) is 5.96 Å². The lowest BCUT2D eigenvalue weighted by Crippen LogP contribution is -2.38. The van der Waals surface area contributed by atoms with Crippen LogP contribution in [0.4, 0.5) is 0 Å². The van der Waals surface area contributed by atoms with Crippen LogP contribution in [0.5, 0.6) is 0 Å². The zero-order chi connectivity index (χ0) is 15.3. The maximum absolute atomic E-state index is 9.54. The van der Waals surface area contributed by atoms with Crippen molar-refractivity contribution < 1.29 is 9.84 Å². The van der Waals surface area contributed by atoms with Gasteiger partial charge in [-0.05, 0) is 18.9 Å². The molecule has 0 aromatic heterocycles. The topological polar surface area (TPSA) is 65.9 Å². The average molecular weight is 293 g/mol. The van der Waals surface area contributed by atoms with E-state index in [0.717, 1.165) is 37.6 Å². The van der Waals surface area contributed by atoms with E-state index in [1.807, 2.05) is 37.3 Å². The van der Waals surface area contributed by atoms with E-state index in [2.05, 4.69) is 15.6 Å². The Morgan fingerprint density at radius 1 is 1.29 bits per heavy atom. The van der Waals surface area contributed by atoms with E-state index >= 15 is 0 Å². The molecule has 0 saturated heterocycles. The molecule has 1 unspecified atom stereocenters. The van der Waals surface area contributed by atoms with Gasteiger partial charge in [0.2, 0.25) is 0 Å². The summed E-state index contributed by atoms with van der Waals surface area (Å²) in [6.07, 6.45) is 0.934. The van der Waals surface area contributed by atoms with Gasteiger partial charge in [0, 0.05) is 32.7 Å². The Kier molecular flexibility index (Phi) is 9.24. The van der Waals surface area contributed by atoms with Crippen molar-refractivity contribution in [3.63, 3.8) is 0 Å². The van der Waals surface area contributed by atoms with Crippen molar-refractivity contribution in [2.24, 2.45) is 4.99 Å². The summed E-state index contributed by atoms with van der Waals surface area (Å²) in [6.45, 7) is 5.04. The van der Waals surface area contributed by atoms with E-state index in [4.69, 9.17) is 4.74 Å². The fourth-order valence-electron chi connectivity index (χ4n) is 1.96. The largest absolute Gasteiger partial charge is 0.396 e. The molecular weight excluding hydrogens is 266 g/mol. The molecular formula is C16H27N3O2. The summed E-state index contributed by atoms with van der Waals surface area (Å²) in [7, 11) is 1.70. The summed E-state index contributed by atoms with van der Waals surface area (Å²) in [4.78, 5) is 4.55. The second kappa shape index (κ2) is 11.1. The lowest BCUT2D eigenvalue weighted by Gasteiger charge is -2.15. The number of nitrogens with one attached hydrogen (secondary N) is 2. The number of aliphatic hydroxyl groups excluding tert-OH is 1. The second-order valence-electron chi connectivity index (χ2n) is 4.78. The maximum atomic E-state index is 9.54. The number of aliphatic hydroxyl groups is 1. The molecule has 0 spiro atoms. The van der Waals surface area contributed by atoms with Gasteiger partial charge >= 0.3 is 0 Å². The van der Waals surface area contributed by atoms with Gasteiger partial charge in [-0.2, -0.15) is 0 Å². The molecule has 5 nitrogen and oxygen atoms in total. The van der Waals surface area contributed by atoms with Crippen molar-refractivity contribution in [1.82, 2.24) is 10.6 Å². The Morgan fingerprint density at radius 2 is 2.05 bits per heavy atom. The van der Waals surface area contributed by atoms with Crippen LogP contribution >= 0.6 is 0 Å². The molecule has 0 radical (unpaired) electrons. The highest BCUT2D eigenvalue weighted by molar-refractivity contribution is 5.79. The van der Waals surface area contributed by atoms with Crippen molar-refractivity contribution in [3.8, 4) is 0 Å². The summed E-state index contributed by atoms with van der Waals surface area (Å²) in [5.74, 6) is 0.809. The minimum Gasteiger partial charge on any atom is -0.396 e. The van der Waals surface area contributed by atoms with E-state index in [9.17, 15) is 5.11 Å². The van der Waals surface area contributed by atoms with Crippen LogP contribution < -0.4 is 10.6 Å². The van der Waals surface area contributed by atoms with Crippen LogP contribution in [0.25, 0.3) is 0 Å². The average Bonchev–Trinajstić information content (AvgIpc) is 2.53. The van der Waals surface area contributed by atoms with Gasteiger partial charge in [0.1, 0.15) is 0 Å². The third kappa shape index (κ3) is 7.11. The first-order valence-corrected chi connectivity index (χ1v) is 7.48. The molecule has 0 aliphatic carbocycles. The van der Waals surface area contributed by atoms with Crippen molar-refractivity contribution in [2.45, 2.75) is 19.3 Å².